The normalized spacial score (nSPS) is 8.88. The maximum absolute atomic E-state index is 11.1. The smallest absolute Gasteiger partial charge is 0.303 e. The molecule has 0 aliphatic heterocycles. The molecule has 1 amide bonds. The zero-order valence-electron chi connectivity index (χ0n) is 16.3. The SMILES string of the molecule is CCC.CCC(=O)NCCc1ccc(OC)c(OC)c1.CCC(=O)O. The molecule has 0 bridgehead atoms. The van der Waals surface area contributed by atoms with E-state index in [4.69, 9.17) is 14.6 Å². The Kier molecular flexibility index (Phi) is 16.6. The van der Waals surface area contributed by atoms with Crippen LogP contribution in [0, 0.1) is 0 Å². The van der Waals surface area contributed by atoms with Crippen molar-refractivity contribution in [2.24, 2.45) is 0 Å². The number of benzene rings is 1. The Balaban J connectivity index is 0. The largest absolute Gasteiger partial charge is 0.493 e. The van der Waals surface area contributed by atoms with Crippen LogP contribution in [-0.2, 0) is 16.0 Å². The molecule has 2 N–H and O–H groups in total. The van der Waals surface area contributed by atoms with Gasteiger partial charge < -0.3 is 19.9 Å². The molecule has 0 atom stereocenters. The molecule has 0 radical (unpaired) electrons. The maximum atomic E-state index is 11.1. The lowest BCUT2D eigenvalue weighted by molar-refractivity contribution is -0.136. The van der Waals surface area contributed by atoms with E-state index in [0.29, 0.717) is 24.5 Å². The average Bonchev–Trinajstić information content (AvgIpc) is 2.62. The molecule has 0 heterocycles. The monoisotopic (exact) mass is 355 g/mol. The second kappa shape index (κ2) is 16.6. The van der Waals surface area contributed by atoms with Crippen molar-refractivity contribution in [1.82, 2.24) is 5.32 Å². The summed E-state index contributed by atoms with van der Waals surface area (Å²) in [6, 6.07) is 5.77. The van der Waals surface area contributed by atoms with Crippen molar-refractivity contribution < 1.29 is 24.2 Å². The number of carboxylic acid groups (broad SMARTS) is 1. The molecule has 0 saturated heterocycles. The summed E-state index contributed by atoms with van der Waals surface area (Å²) in [7, 11) is 3.22. The molecule has 144 valence electrons. The lowest BCUT2D eigenvalue weighted by Gasteiger charge is -2.09. The van der Waals surface area contributed by atoms with Crippen molar-refractivity contribution >= 4 is 11.9 Å². The topological polar surface area (TPSA) is 84.9 Å². The zero-order chi connectivity index (χ0) is 19.7. The second-order valence-corrected chi connectivity index (χ2v) is 5.10. The van der Waals surface area contributed by atoms with Gasteiger partial charge in [0.2, 0.25) is 5.91 Å². The van der Waals surface area contributed by atoms with Crippen molar-refractivity contribution in [3.8, 4) is 11.5 Å². The Hall–Kier alpha value is -2.24. The summed E-state index contributed by atoms with van der Waals surface area (Å²) in [5.74, 6) is 0.760. The van der Waals surface area contributed by atoms with Crippen molar-refractivity contribution in [1.29, 1.82) is 0 Å². The number of rotatable bonds is 7. The first-order chi connectivity index (χ1) is 11.9. The molecule has 1 aromatic carbocycles. The molecule has 0 aromatic heterocycles. The number of hydrogen-bond donors (Lipinski definition) is 2. The summed E-state index contributed by atoms with van der Waals surface area (Å²) < 4.78 is 10.4. The minimum Gasteiger partial charge on any atom is -0.493 e. The van der Waals surface area contributed by atoms with Crippen LogP contribution in [0.2, 0.25) is 0 Å². The molecule has 0 unspecified atom stereocenters. The molecule has 0 fully saturated rings. The number of carbonyl (C=O) groups is 2. The quantitative estimate of drug-likeness (QED) is 0.779. The van der Waals surface area contributed by atoms with Gasteiger partial charge in [0, 0.05) is 19.4 Å². The highest BCUT2D eigenvalue weighted by molar-refractivity contribution is 5.75. The summed E-state index contributed by atoms with van der Waals surface area (Å²) in [6.07, 6.45) is 2.78. The predicted octanol–water partition coefficient (Wildman–Crippen LogP) is 3.67. The van der Waals surface area contributed by atoms with E-state index in [1.165, 1.54) is 6.42 Å². The van der Waals surface area contributed by atoms with Crippen molar-refractivity contribution in [3.05, 3.63) is 23.8 Å². The van der Waals surface area contributed by atoms with Crippen LogP contribution in [0.1, 0.15) is 52.5 Å². The predicted molar refractivity (Wildman–Crippen MR) is 100 cm³/mol. The highest BCUT2D eigenvalue weighted by atomic mass is 16.5. The van der Waals surface area contributed by atoms with Gasteiger partial charge in [-0.05, 0) is 24.1 Å². The van der Waals surface area contributed by atoms with Crippen molar-refractivity contribution in [2.75, 3.05) is 20.8 Å². The van der Waals surface area contributed by atoms with Gasteiger partial charge in [-0.25, -0.2) is 0 Å². The molecule has 0 aliphatic carbocycles. The number of hydrogen-bond acceptors (Lipinski definition) is 4. The van der Waals surface area contributed by atoms with Crippen LogP contribution in [0.3, 0.4) is 0 Å². The van der Waals surface area contributed by atoms with Crippen LogP contribution >= 0.6 is 0 Å². The van der Waals surface area contributed by atoms with Crippen LogP contribution in [0.5, 0.6) is 11.5 Å². The lowest BCUT2D eigenvalue weighted by Crippen LogP contribution is -2.24. The Morgan fingerprint density at radius 1 is 1.00 bits per heavy atom. The van der Waals surface area contributed by atoms with Crippen LogP contribution in [0.25, 0.3) is 0 Å². The summed E-state index contributed by atoms with van der Waals surface area (Å²) in [4.78, 5) is 20.4. The molecular formula is C19H33NO5. The van der Waals surface area contributed by atoms with Gasteiger partial charge in [0.05, 0.1) is 14.2 Å². The van der Waals surface area contributed by atoms with E-state index in [1.54, 1.807) is 21.1 Å². The molecule has 0 aliphatic rings. The first-order valence-electron chi connectivity index (χ1n) is 8.59. The third kappa shape index (κ3) is 13.9. The number of carboxylic acids is 1. The van der Waals surface area contributed by atoms with E-state index >= 15 is 0 Å². The first kappa shape index (κ1) is 25.0. The van der Waals surface area contributed by atoms with E-state index in [9.17, 15) is 9.59 Å². The van der Waals surface area contributed by atoms with Gasteiger partial charge >= 0.3 is 5.97 Å². The lowest BCUT2D eigenvalue weighted by atomic mass is 10.1. The zero-order valence-corrected chi connectivity index (χ0v) is 16.3. The molecule has 6 nitrogen and oxygen atoms in total. The highest BCUT2D eigenvalue weighted by Gasteiger charge is 2.04. The van der Waals surface area contributed by atoms with E-state index in [0.717, 1.165) is 12.0 Å². The number of methoxy groups -OCH3 is 2. The van der Waals surface area contributed by atoms with Gasteiger partial charge in [-0.3, -0.25) is 9.59 Å². The number of aliphatic carboxylic acids is 1. The fourth-order valence-electron chi connectivity index (χ4n) is 1.51. The maximum Gasteiger partial charge on any atom is 0.303 e. The first-order valence-corrected chi connectivity index (χ1v) is 8.59. The number of nitrogens with one attached hydrogen (secondary N) is 1. The van der Waals surface area contributed by atoms with Gasteiger partial charge in [-0.15, -0.1) is 0 Å². The third-order valence-electron chi connectivity index (χ3n) is 2.81. The molecule has 1 rings (SSSR count). The molecule has 0 saturated carbocycles. The summed E-state index contributed by atoms with van der Waals surface area (Å²) in [6.45, 7) is 8.33. The molecular weight excluding hydrogens is 322 g/mol. The molecule has 0 spiro atoms. The molecule has 25 heavy (non-hydrogen) atoms. The summed E-state index contributed by atoms with van der Waals surface area (Å²) in [5, 5.41) is 10.6. The molecule has 1 aromatic rings. The third-order valence-corrected chi connectivity index (χ3v) is 2.81. The van der Waals surface area contributed by atoms with E-state index in [1.807, 2.05) is 25.1 Å². The fourth-order valence-corrected chi connectivity index (χ4v) is 1.51. The number of ether oxygens (including phenoxy) is 2. The average molecular weight is 355 g/mol. The van der Waals surface area contributed by atoms with Crippen LogP contribution < -0.4 is 14.8 Å². The van der Waals surface area contributed by atoms with Gasteiger partial charge in [-0.2, -0.15) is 0 Å². The van der Waals surface area contributed by atoms with Crippen LogP contribution in [-0.4, -0.2) is 37.7 Å². The second-order valence-electron chi connectivity index (χ2n) is 5.10. The van der Waals surface area contributed by atoms with Gasteiger partial charge in [0.15, 0.2) is 11.5 Å². The summed E-state index contributed by atoms with van der Waals surface area (Å²) in [5.41, 5.74) is 1.11. The Labute approximate surface area is 151 Å². The Morgan fingerprint density at radius 3 is 1.92 bits per heavy atom. The van der Waals surface area contributed by atoms with Gasteiger partial charge in [-0.1, -0.05) is 40.2 Å². The standard InChI is InChI=1S/C13H19NO3.C3H6O2.C3H8/c1-4-13(15)14-8-7-10-5-6-11(16-2)12(9-10)17-3;1-2-3(4)5;1-3-2/h5-6,9H,4,7-8H2,1-3H3,(H,14,15);2H2,1H3,(H,4,5);3H2,1-2H3. The number of amides is 1. The molecule has 6 heteroatoms. The minimum atomic E-state index is -0.745. The van der Waals surface area contributed by atoms with Gasteiger partial charge in [0.25, 0.3) is 0 Å². The van der Waals surface area contributed by atoms with Crippen LogP contribution in [0.15, 0.2) is 18.2 Å². The van der Waals surface area contributed by atoms with Crippen LogP contribution in [0.4, 0.5) is 0 Å². The summed E-state index contributed by atoms with van der Waals surface area (Å²) >= 11 is 0. The van der Waals surface area contributed by atoms with Crippen molar-refractivity contribution in [3.63, 3.8) is 0 Å². The fraction of sp³-hybridized carbons (Fsp3) is 0.579. The van der Waals surface area contributed by atoms with Crippen molar-refractivity contribution in [2.45, 2.75) is 53.4 Å². The van der Waals surface area contributed by atoms with E-state index in [2.05, 4.69) is 19.2 Å². The van der Waals surface area contributed by atoms with E-state index < -0.39 is 5.97 Å². The van der Waals surface area contributed by atoms with E-state index in [-0.39, 0.29) is 12.3 Å². The Morgan fingerprint density at radius 2 is 1.52 bits per heavy atom. The number of carbonyl (C=O) groups excluding carboxylic acids is 1. The van der Waals surface area contributed by atoms with Gasteiger partial charge in [0.1, 0.15) is 0 Å². The highest BCUT2D eigenvalue weighted by Crippen LogP contribution is 2.27. The Bertz CT molecular complexity index is 489. The minimum absolute atomic E-state index is 0.0745.